The van der Waals surface area contributed by atoms with Crippen molar-refractivity contribution >= 4 is 27.5 Å². The van der Waals surface area contributed by atoms with Gasteiger partial charge in [-0.3, -0.25) is 0 Å². The van der Waals surface area contributed by atoms with Crippen molar-refractivity contribution in [1.82, 2.24) is 0 Å². The van der Waals surface area contributed by atoms with Crippen LogP contribution in [0.15, 0.2) is 40.9 Å². The van der Waals surface area contributed by atoms with Gasteiger partial charge in [0, 0.05) is 10.6 Å². The van der Waals surface area contributed by atoms with Crippen LogP contribution in [0.1, 0.15) is 22.7 Å². The van der Waals surface area contributed by atoms with Crippen LogP contribution in [0.25, 0.3) is 0 Å². The summed E-state index contributed by atoms with van der Waals surface area (Å²) in [5.74, 6) is -0.332. The van der Waals surface area contributed by atoms with E-state index in [9.17, 15) is 4.39 Å². The Morgan fingerprint density at radius 3 is 2.67 bits per heavy atom. The summed E-state index contributed by atoms with van der Waals surface area (Å²) in [7, 11) is 0. The third kappa shape index (κ3) is 2.58. The molecule has 2 rings (SSSR count). The van der Waals surface area contributed by atoms with Crippen LogP contribution in [-0.4, -0.2) is 0 Å². The van der Waals surface area contributed by atoms with E-state index in [1.807, 2.05) is 19.1 Å². The fourth-order valence-electron chi connectivity index (χ4n) is 1.74. The van der Waals surface area contributed by atoms with Gasteiger partial charge in [-0.15, -0.1) is 0 Å². The molecule has 0 aromatic heterocycles. The number of aryl methyl sites for hydroxylation is 1. The molecule has 0 aliphatic carbocycles. The number of benzene rings is 2. The van der Waals surface area contributed by atoms with Gasteiger partial charge in [0.15, 0.2) is 0 Å². The molecule has 2 aromatic rings. The normalized spacial score (nSPS) is 12.5. The molecule has 0 saturated heterocycles. The Bertz CT molecular complexity index is 586. The Kier molecular flexibility index (Phi) is 4.05. The van der Waals surface area contributed by atoms with Crippen molar-refractivity contribution in [1.29, 1.82) is 0 Å². The highest BCUT2D eigenvalue weighted by Gasteiger charge is 2.15. The van der Waals surface area contributed by atoms with Crippen molar-refractivity contribution in [3.05, 3.63) is 68.4 Å². The van der Waals surface area contributed by atoms with E-state index >= 15 is 0 Å². The van der Waals surface area contributed by atoms with E-state index in [-0.39, 0.29) is 5.82 Å². The predicted molar refractivity (Wildman–Crippen MR) is 76.3 cm³/mol. The molecule has 0 aliphatic heterocycles. The van der Waals surface area contributed by atoms with Crippen LogP contribution in [-0.2, 0) is 0 Å². The summed E-state index contributed by atoms with van der Waals surface area (Å²) in [4.78, 5) is 0. The largest absolute Gasteiger partial charge is 0.320 e. The third-order valence-corrected chi connectivity index (χ3v) is 3.89. The second kappa shape index (κ2) is 5.39. The Labute approximate surface area is 119 Å². The minimum absolute atomic E-state index is 0.332. The van der Waals surface area contributed by atoms with Crippen LogP contribution in [0.2, 0.25) is 5.02 Å². The van der Waals surface area contributed by atoms with E-state index in [2.05, 4.69) is 15.9 Å². The second-order valence-corrected chi connectivity index (χ2v) is 5.39. The third-order valence-electron chi connectivity index (χ3n) is 2.87. The standard InChI is InChI=1S/C14H12BrClFN/c1-8-5-6-9(7-12(8)16)14(18)10-3-2-4-11(15)13(10)17/h2-7,14H,18H2,1H3. The molecular weight excluding hydrogens is 317 g/mol. The number of halogens is 3. The first kappa shape index (κ1) is 13.5. The summed E-state index contributed by atoms with van der Waals surface area (Å²) in [6.07, 6.45) is 0. The summed E-state index contributed by atoms with van der Waals surface area (Å²) in [6, 6.07) is 10.1. The average molecular weight is 329 g/mol. The van der Waals surface area contributed by atoms with E-state index in [1.54, 1.807) is 24.3 Å². The van der Waals surface area contributed by atoms with Crippen molar-refractivity contribution in [3.63, 3.8) is 0 Å². The average Bonchev–Trinajstić information content (AvgIpc) is 2.35. The van der Waals surface area contributed by atoms with Crippen molar-refractivity contribution in [2.24, 2.45) is 5.73 Å². The van der Waals surface area contributed by atoms with Gasteiger partial charge < -0.3 is 5.73 Å². The van der Waals surface area contributed by atoms with Crippen LogP contribution in [0.3, 0.4) is 0 Å². The Morgan fingerprint density at radius 2 is 2.00 bits per heavy atom. The molecule has 2 aromatic carbocycles. The molecule has 0 bridgehead atoms. The molecule has 0 heterocycles. The fourth-order valence-corrected chi connectivity index (χ4v) is 2.31. The molecule has 1 atom stereocenters. The quantitative estimate of drug-likeness (QED) is 0.856. The zero-order chi connectivity index (χ0) is 13.3. The monoisotopic (exact) mass is 327 g/mol. The maximum absolute atomic E-state index is 14.0. The van der Waals surface area contributed by atoms with Crippen LogP contribution in [0.5, 0.6) is 0 Å². The number of hydrogen-bond acceptors (Lipinski definition) is 1. The van der Waals surface area contributed by atoms with Crippen molar-refractivity contribution < 1.29 is 4.39 Å². The SMILES string of the molecule is Cc1ccc(C(N)c2cccc(Br)c2F)cc1Cl. The van der Waals surface area contributed by atoms with Gasteiger partial charge in [-0.05, 0) is 46.1 Å². The van der Waals surface area contributed by atoms with Gasteiger partial charge in [0.2, 0.25) is 0 Å². The highest BCUT2D eigenvalue weighted by molar-refractivity contribution is 9.10. The van der Waals surface area contributed by atoms with Crippen molar-refractivity contribution in [2.45, 2.75) is 13.0 Å². The molecule has 94 valence electrons. The minimum Gasteiger partial charge on any atom is -0.320 e. The lowest BCUT2D eigenvalue weighted by molar-refractivity contribution is 0.593. The molecule has 0 radical (unpaired) electrons. The predicted octanol–water partition coefficient (Wildman–Crippen LogP) is 4.60. The zero-order valence-corrected chi connectivity index (χ0v) is 12.1. The smallest absolute Gasteiger partial charge is 0.142 e. The summed E-state index contributed by atoms with van der Waals surface area (Å²) in [5.41, 5.74) is 8.30. The number of nitrogens with two attached hydrogens (primary N) is 1. The first-order valence-electron chi connectivity index (χ1n) is 5.46. The van der Waals surface area contributed by atoms with Gasteiger partial charge in [-0.25, -0.2) is 4.39 Å². The van der Waals surface area contributed by atoms with E-state index in [0.29, 0.717) is 15.1 Å². The second-order valence-electron chi connectivity index (χ2n) is 4.13. The van der Waals surface area contributed by atoms with Crippen molar-refractivity contribution in [3.8, 4) is 0 Å². The highest BCUT2D eigenvalue weighted by Crippen LogP contribution is 2.28. The Balaban J connectivity index is 2.44. The fraction of sp³-hybridized carbons (Fsp3) is 0.143. The summed E-state index contributed by atoms with van der Waals surface area (Å²) >= 11 is 9.21. The zero-order valence-electron chi connectivity index (χ0n) is 9.75. The molecule has 1 nitrogen and oxygen atoms in total. The topological polar surface area (TPSA) is 26.0 Å². The maximum atomic E-state index is 14.0. The van der Waals surface area contributed by atoms with Crippen molar-refractivity contribution in [2.75, 3.05) is 0 Å². The molecule has 0 spiro atoms. The summed E-state index contributed by atoms with van der Waals surface area (Å²) in [5, 5.41) is 0.637. The molecular formula is C14H12BrClFN. The first-order valence-corrected chi connectivity index (χ1v) is 6.63. The minimum atomic E-state index is -0.527. The van der Waals surface area contributed by atoms with Gasteiger partial charge in [-0.1, -0.05) is 35.9 Å². The molecule has 0 amide bonds. The molecule has 1 unspecified atom stereocenters. The molecule has 4 heteroatoms. The maximum Gasteiger partial charge on any atom is 0.142 e. The van der Waals surface area contributed by atoms with Gasteiger partial charge in [-0.2, -0.15) is 0 Å². The van der Waals surface area contributed by atoms with E-state index < -0.39 is 6.04 Å². The molecule has 0 aliphatic rings. The van der Waals surface area contributed by atoms with Gasteiger partial charge >= 0.3 is 0 Å². The van der Waals surface area contributed by atoms with Gasteiger partial charge in [0.25, 0.3) is 0 Å². The van der Waals surface area contributed by atoms with Crippen LogP contribution >= 0.6 is 27.5 Å². The molecule has 0 saturated carbocycles. The van der Waals surface area contributed by atoms with Gasteiger partial charge in [0.05, 0.1) is 10.5 Å². The Hall–Kier alpha value is -0.900. The highest BCUT2D eigenvalue weighted by atomic mass is 79.9. The molecule has 0 fully saturated rings. The molecule has 18 heavy (non-hydrogen) atoms. The van der Waals surface area contributed by atoms with E-state index in [1.165, 1.54) is 0 Å². The lowest BCUT2D eigenvalue weighted by Gasteiger charge is -2.15. The van der Waals surface area contributed by atoms with Crippen LogP contribution in [0.4, 0.5) is 4.39 Å². The Morgan fingerprint density at radius 1 is 1.28 bits per heavy atom. The first-order chi connectivity index (χ1) is 8.50. The van der Waals surface area contributed by atoms with Crippen LogP contribution < -0.4 is 5.73 Å². The van der Waals surface area contributed by atoms with Gasteiger partial charge in [0.1, 0.15) is 5.82 Å². The van der Waals surface area contributed by atoms with Crippen LogP contribution in [0, 0.1) is 12.7 Å². The number of hydrogen-bond donors (Lipinski definition) is 1. The molecule has 2 N–H and O–H groups in total. The lowest BCUT2D eigenvalue weighted by atomic mass is 9.98. The lowest BCUT2D eigenvalue weighted by Crippen LogP contribution is -2.14. The summed E-state index contributed by atoms with van der Waals surface area (Å²) in [6.45, 7) is 1.91. The van der Waals surface area contributed by atoms with E-state index in [4.69, 9.17) is 17.3 Å². The number of rotatable bonds is 2. The van der Waals surface area contributed by atoms with E-state index in [0.717, 1.165) is 11.1 Å². The summed E-state index contributed by atoms with van der Waals surface area (Å²) < 4.78 is 14.4.